The van der Waals surface area contributed by atoms with Crippen LogP contribution in [0.3, 0.4) is 0 Å². The van der Waals surface area contributed by atoms with Gasteiger partial charge in [-0.2, -0.15) is 0 Å². The molecule has 3 rings (SSSR count). The first kappa shape index (κ1) is 24.6. The summed E-state index contributed by atoms with van der Waals surface area (Å²) in [6, 6.07) is 9.65. The lowest BCUT2D eigenvalue weighted by molar-refractivity contribution is -0.122. The minimum Gasteiger partial charge on any atom is -0.490 e. The van der Waals surface area contributed by atoms with Gasteiger partial charge >= 0.3 is 12.0 Å². The maximum atomic E-state index is 12.6. The predicted octanol–water partition coefficient (Wildman–Crippen LogP) is 4.39. The topological polar surface area (TPSA) is 105 Å². The number of amides is 3. The van der Waals surface area contributed by atoms with E-state index >= 15 is 0 Å². The fourth-order valence-electron chi connectivity index (χ4n) is 3.56. The average Bonchev–Trinajstić information content (AvgIpc) is 3.07. The number of hydrogen-bond acceptors (Lipinski definition) is 5. The normalized spacial score (nSPS) is 14.3. The van der Waals surface area contributed by atoms with Gasteiger partial charge < -0.3 is 19.9 Å². The maximum absolute atomic E-state index is 12.6. The van der Waals surface area contributed by atoms with Crippen molar-refractivity contribution in [2.24, 2.45) is 0 Å². The van der Waals surface area contributed by atoms with Crippen molar-refractivity contribution < 1.29 is 29.0 Å². The van der Waals surface area contributed by atoms with E-state index in [0.29, 0.717) is 43.1 Å². The maximum Gasteiger partial charge on any atom is 0.335 e. The molecular weight excluding hydrogens is 436 g/mol. The number of ether oxygens (including phenoxy) is 2. The van der Waals surface area contributed by atoms with E-state index in [-0.39, 0.29) is 23.8 Å². The second-order valence-electron chi connectivity index (χ2n) is 7.67. The molecule has 8 nitrogen and oxygen atoms in total. The lowest BCUT2D eigenvalue weighted by atomic mass is 10.0. The summed E-state index contributed by atoms with van der Waals surface area (Å²) in [5.74, 6) is -0.308. The number of allylic oxidation sites excluding steroid dienone is 1. The van der Waals surface area contributed by atoms with Crippen LogP contribution in [0.25, 0.3) is 6.08 Å². The SMILES string of the molecule is C=CCc1cc(C=C2NC(=O)N(CCC)C2=O)cc(OCC)c1OCc1ccc(C(=O)O)cc1. The van der Waals surface area contributed by atoms with Crippen LogP contribution in [0.15, 0.2) is 54.8 Å². The molecule has 2 aromatic rings. The Bertz CT molecular complexity index is 1120. The van der Waals surface area contributed by atoms with Crippen molar-refractivity contribution in [3.63, 3.8) is 0 Å². The zero-order valence-electron chi connectivity index (χ0n) is 19.3. The molecule has 0 spiro atoms. The fraction of sp³-hybridized carbons (Fsp3) is 0.269. The van der Waals surface area contributed by atoms with Gasteiger partial charge in [0.05, 0.1) is 12.2 Å². The van der Waals surface area contributed by atoms with Crippen molar-refractivity contribution in [1.29, 1.82) is 0 Å². The van der Waals surface area contributed by atoms with E-state index in [1.165, 1.54) is 17.0 Å². The average molecular weight is 465 g/mol. The Morgan fingerprint density at radius 3 is 2.50 bits per heavy atom. The van der Waals surface area contributed by atoms with Gasteiger partial charge in [0, 0.05) is 12.1 Å². The van der Waals surface area contributed by atoms with Crippen molar-refractivity contribution >= 4 is 24.0 Å². The molecule has 2 aromatic carbocycles. The molecule has 1 saturated heterocycles. The highest BCUT2D eigenvalue weighted by molar-refractivity contribution is 6.14. The minimum absolute atomic E-state index is 0.203. The Morgan fingerprint density at radius 1 is 1.15 bits per heavy atom. The number of benzene rings is 2. The molecule has 2 N–H and O–H groups in total. The quantitative estimate of drug-likeness (QED) is 0.290. The van der Waals surface area contributed by atoms with Gasteiger partial charge in [-0.05, 0) is 61.2 Å². The van der Waals surface area contributed by atoms with Crippen LogP contribution in [0, 0.1) is 0 Å². The van der Waals surface area contributed by atoms with Gasteiger partial charge in [0.2, 0.25) is 0 Å². The standard InChI is InChI=1S/C26H28N2O6/c1-4-7-20-13-18(14-21-24(29)28(12-5-2)26(32)27-21)15-22(33-6-3)23(20)34-16-17-8-10-19(11-9-17)25(30)31/h4,8-11,13-15H,1,5-7,12,16H2,2-3H3,(H,27,32)(H,30,31). The summed E-state index contributed by atoms with van der Waals surface area (Å²) in [6.45, 7) is 8.54. The van der Waals surface area contributed by atoms with Gasteiger partial charge in [-0.3, -0.25) is 9.69 Å². The van der Waals surface area contributed by atoms with Crippen molar-refractivity contribution in [3.8, 4) is 11.5 Å². The van der Waals surface area contributed by atoms with Crippen LogP contribution in [0.5, 0.6) is 11.5 Å². The van der Waals surface area contributed by atoms with Crippen LogP contribution in [0.1, 0.15) is 47.3 Å². The summed E-state index contributed by atoms with van der Waals surface area (Å²) < 4.78 is 11.9. The number of rotatable bonds is 11. The molecule has 1 heterocycles. The number of carbonyl (C=O) groups excluding carboxylic acids is 2. The summed E-state index contributed by atoms with van der Waals surface area (Å²) in [5.41, 5.74) is 2.70. The first-order valence-corrected chi connectivity index (χ1v) is 11.1. The van der Waals surface area contributed by atoms with Gasteiger partial charge in [0.1, 0.15) is 12.3 Å². The molecule has 0 unspecified atom stereocenters. The number of nitrogens with one attached hydrogen (secondary N) is 1. The van der Waals surface area contributed by atoms with Crippen molar-refractivity contribution in [3.05, 3.63) is 77.0 Å². The number of nitrogens with zero attached hydrogens (tertiary/aromatic N) is 1. The fourth-order valence-corrected chi connectivity index (χ4v) is 3.56. The smallest absolute Gasteiger partial charge is 0.335 e. The van der Waals surface area contributed by atoms with Gasteiger partial charge in [-0.25, -0.2) is 9.59 Å². The van der Waals surface area contributed by atoms with Gasteiger partial charge in [-0.1, -0.05) is 25.1 Å². The van der Waals surface area contributed by atoms with E-state index < -0.39 is 12.0 Å². The van der Waals surface area contributed by atoms with E-state index in [1.54, 1.807) is 30.4 Å². The molecule has 8 heteroatoms. The molecule has 0 aliphatic carbocycles. The summed E-state index contributed by atoms with van der Waals surface area (Å²) in [4.78, 5) is 36.9. The lowest BCUT2D eigenvalue weighted by Crippen LogP contribution is -2.31. The summed E-state index contributed by atoms with van der Waals surface area (Å²) in [5, 5.41) is 11.7. The van der Waals surface area contributed by atoms with E-state index in [4.69, 9.17) is 14.6 Å². The highest BCUT2D eigenvalue weighted by Gasteiger charge is 2.32. The number of imide groups is 1. The molecule has 34 heavy (non-hydrogen) atoms. The summed E-state index contributed by atoms with van der Waals surface area (Å²) in [7, 11) is 0. The molecule has 0 aromatic heterocycles. The Hall–Kier alpha value is -4.07. The second kappa shape index (κ2) is 11.2. The summed E-state index contributed by atoms with van der Waals surface area (Å²) in [6.07, 6.45) is 4.53. The Balaban J connectivity index is 1.91. The third-order valence-electron chi connectivity index (χ3n) is 5.12. The monoisotopic (exact) mass is 464 g/mol. The van der Waals surface area contributed by atoms with Gasteiger partial charge in [-0.15, -0.1) is 6.58 Å². The van der Waals surface area contributed by atoms with Gasteiger partial charge in [0.25, 0.3) is 5.91 Å². The molecule has 1 fully saturated rings. The number of carbonyl (C=O) groups is 3. The van der Waals surface area contributed by atoms with Crippen molar-refractivity contribution in [2.45, 2.75) is 33.3 Å². The van der Waals surface area contributed by atoms with Crippen LogP contribution in [0.2, 0.25) is 0 Å². The van der Waals surface area contributed by atoms with E-state index in [9.17, 15) is 14.4 Å². The second-order valence-corrected chi connectivity index (χ2v) is 7.67. The first-order valence-electron chi connectivity index (χ1n) is 11.1. The lowest BCUT2D eigenvalue weighted by Gasteiger charge is -2.17. The zero-order chi connectivity index (χ0) is 24.7. The molecule has 1 aliphatic rings. The molecule has 178 valence electrons. The largest absolute Gasteiger partial charge is 0.490 e. The summed E-state index contributed by atoms with van der Waals surface area (Å²) >= 11 is 0. The van der Waals surface area contributed by atoms with Crippen LogP contribution >= 0.6 is 0 Å². The van der Waals surface area contributed by atoms with Crippen molar-refractivity contribution in [1.82, 2.24) is 10.2 Å². The minimum atomic E-state index is -0.987. The number of urea groups is 1. The Labute approximate surface area is 198 Å². The first-order chi connectivity index (χ1) is 16.4. The van der Waals surface area contributed by atoms with Gasteiger partial charge in [0.15, 0.2) is 11.5 Å². The van der Waals surface area contributed by atoms with Crippen LogP contribution < -0.4 is 14.8 Å². The third kappa shape index (κ3) is 5.64. The van der Waals surface area contributed by atoms with Crippen LogP contribution in [-0.2, 0) is 17.8 Å². The predicted molar refractivity (Wildman–Crippen MR) is 128 cm³/mol. The molecule has 0 radical (unpaired) electrons. The Morgan fingerprint density at radius 2 is 1.88 bits per heavy atom. The molecule has 0 saturated carbocycles. The van der Waals surface area contributed by atoms with Crippen LogP contribution in [0.4, 0.5) is 4.79 Å². The number of carboxylic acids is 1. The number of aromatic carboxylic acids is 1. The molecule has 0 bridgehead atoms. The van der Waals surface area contributed by atoms with E-state index in [0.717, 1.165) is 11.1 Å². The molecular formula is C26H28N2O6. The molecule has 3 amide bonds. The van der Waals surface area contributed by atoms with E-state index in [2.05, 4.69) is 11.9 Å². The van der Waals surface area contributed by atoms with Crippen molar-refractivity contribution in [2.75, 3.05) is 13.2 Å². The number of hydrogen-bond donors (Lipinski definition) is 2. The van der Waals surface area contributed by atoms with E-state index in [1.807, 2.05) is 19.9 Å². The molecule has 0 atom stereocenters. The highest BCUT2D eigenvalue weighted by Crippen LogP contribution is 2.35. The Kier molecular flexibility index (Phi) is 8.08. The zero-order valence-corrected chi connectivity index (χ0v) is 19.3. The highest BCUT2D eigenvalue weighted by atomic mass is 16.5. The third-order valence-corrected chi connectivity index (χ3v) is 5.12. The van der Waals surface area contributed by atoms with Crippen LogP contribution in [-0.4, -0.2) is 41.1 Å². The number of carboxylic acid groups (broad SMARTS) is 1. The molecule has 1 aliphatic heterocycles.